The summed E-state index contributed by atoms with van der Waals surface area (Å²) in [6, 6.07) is 15.8. The molecule has 0 N–H and O–H groups in total. The molecule has 1 unspecified atom stereocenters. The van der Waals surface area contributed by atoms with Crippen molar-refractivity contribution in [3.05, 3.63) is 94.6 Å². The SMILES string of the molecule is CC1Cc2cc(F)c(F)cc2N=C1c1ccc(Cc2ccc(OC(F)(F)F)cc2)cc1. The van der Waals surface area contributed by atoms with Crippen molar-refractivity contribution in [1.82, 2.24) is 0 Å². The quantitative estimate of drug-likeness (QED) is 0.418. The normalized spacial score (nSPS) is 15.9. The first-order valence-electron chi connectivity index (χ1n) is 9.68. The minimum absolute atomic E-state index is 0.0457. The second kappa shape index (κ2) is 8.13. The maximum absolute atomic E-state index is 13.6. The summed E-state index contributed by atoms with van der Waals surface area (Å²) in [6.07, 6.45) is -3.60. The fourth-order valence-electron chi connectivity index (χ4n) is 3.70. The van der Waals surface area contributed by atoms with Gasteiger partial charge in [0, 0.05) is 12.0 Å². The molecule has 0 radical (unpaired) electrons. The molecule has 1 atom stereocenters. The Morgan fingerprint density at radius 2 is 1.48 bits per heavy atom. The van der Waals surface area contributed by atoms with Crippen LogP contribution in [0, 0.1) is 17.6 Å². The third-order valence-corrected chi connectivity index (χ3v) is 5.17. The Balaban J connectivity index is 1.50. The van der Waals surface area contributed by atoms with Gasteiger partial charge in [-0.2, -0.15) is 0 Å². The Morgan fingerprint density at radius 3 is 2.10 bits per heavy atom. The van der Waals surface area contributed by atoms with Crippen molar-refractivity contribution >= 4 is 11.4 Å². The van der Waals surface area contributed by atoms with Gasteiger partial charge in [0.05, 0.1) is 11.4 Å². The highest BCUT2D eigenvalue weighted by atomic mass is 19.4. The number of alkyl halides is 3. The van der Waals surface area contributed by atoms with Crippen LogP contribution in [0.1, 0.15) is 29.2 Å². The Bertz CT molecular complexity index is 1120. The molecule has 0 aromatic heterocycles. The molecular formula is C24H18F5NO. The van der Waals surface area contributed by atoms with E-state index in [2.05, 4.69) is 9.73 Å². The van der Waals surface area contributed by atoms with Crippen molar-refractivity contribution < 1.29 is 26.7 Å². The van der Waals surface area contributed by atoms with Crippen molar-refractivity contribution in [1.29, 1.82) is 0 Å². The number of benzene rings is 3. The lowest BCUT2D eigenvalue weighted by Crippen LogP contribution is -2.19. The van der Waals surface area contributed by atoms with Crippen LogP contribution in [-0.2, 0) is 12.8 Å². The van der Waals surface area contributed by atoms with Crippen LogP contribution in [0.15, 0.2) is 65.7 Å². The van der Waals surface area contributed by atoms with E-state index in [1.807, 2.05) is 31.2 Å². The molecule has 4 rings (SSSR count). The Labute approximate surface area is 176 Å². The zero-order valence-electron chi connectivity index (χ0n) is 16.5. The highest BCUT2D eigenvalue weighted by molar-refractivity contribution is 6.04. The van der Waals surface area contributed by atoms with Gasteiger partial charge in [0.15, 0.2) is 11.6 Å². The van der Waals surface area contributed by atoms with Gasteiger partial charge in [-0.15, -0.1) is 13.2 Å². The predicted octanol–water partition coefficient (Wildman–Crippen LogP) is 6.77. The second-order valence-electron chi connectivity index (χ2n) is 7.56. The highest BCUT2D eigenvalue weighted by Gasteiger charge is 2.31. The van der Waals surface area contributed by atoms with Gasteiger partial charge in [0.1, 0.15) is 5.75 Å². The monoisotopic (exact) mass is 431 g/mol. The van der Waals surface area contributed by atoms with E-state index in [1.165, 1.54) is 18.2 Å². The fraction of sp³-hybridized carbons (Fsp3) is 0.208. The summed E-state index contributed by atoms with van der Waals surface area (Å²) in [4.78, 5) is 4.56. The fourth-order valence-corrected chi connectivity index (χ4v) is 3.70. The number of ether oxygens (including phenoxy) is 1. The maximum atomic E-state index is 13.6. The van der Waals surface area contributed by atoms with Gasteiger partial charge in [-0.25, -0.2) is 8.78 Å². The minimum atomic E-state index is -4.71. The summed E-state index contributed by atoms with van der Waals surface area (Å²) in [6.45, 7) is 1.99. The van der Waals surface area contributed by atoms with E-state index in [1.54, 1.807) is 12.1 Å². The van der Waals surface area contributed by atoms with E-state index < -0.39 is 18.0 Å². The molecule has 1 aliphatic rings. The summed E-state index contributed by atoms with van der Waals surface area (Å²) in [7, 11) is 0. The largest absolute Gasteiger partial charge is 0.573 e. The molecule has 1 aliphatic heterocycles. The third-order valence-electron chi connectivity index (χ3n) is 5.17. The van der Waals surface area contributed by atoms with Crippen LogP contribution in [0.4, 0.5) is 27.6 Å². The number of nitrogens with zero attached hydrogens (tertiary/aromatic N) is 1. The highest BCUT2D eigenvalue weighted by Crippen LogP contribution is 2.32. The molecule has 2 nitrogen and oxygen atoms in total. The van der Waals surface area contributed by atoms with Gasteiger partial charge in [0.25, 0.3) is 0 Å². The zero-order valence-corrected chi connectivity index (χ0v) is 16.5. The molecule has 0 fully saturated rings. The summed E-state index contributed by atoms with van der Waals surface area (Å²) < 4.78 is 67.7. The van der Waals surface area contributed by atoms with Gasteiger partial charge in [-0.1, -0.05) is 43.3 Å². The van der Waals surface area contributed by atoms with Crippen LogP contribution in [0.2, 0.25) is 0 Å². The molecule has 7 heteroatoms. The van der Waals surface area contributed by atoms with Crippen molar-refractivity contribution in [2.24, 2.45) is 10.9 Å². The van der Waals surface area contributed by atoms with Crippen molar-refractivity contribution in [3.8, 4) is 5.75 Å². The minimum Gasteiger partial charge on any atom is -0.406 e. The maximum Gasteiger partial charge on any atom is 0.573 e. The summed E-state index contributed by atoms with van der Waals surface area (Å²) in [5.74, 6) is -2.00. The van der Waals surface area contributed by atoms with Crippen LogP contribution in [0.5, 0.6) is 5.75 Å². The smallest absolute Gasteiger partial charge is 0.406 e. The number of halogens is 5. The van der Waals surface area contributed by atoms with E-state index in [0.29, 0.717) is 24.1 Å². The molecular weight excluding hydrogens is 413 g/mol. The van der Waals surface area contributed by atoms with Gasteiger partial charge >= 0.3 is 6.36 Å². The summed E-state index contributed by atoms with van der Waals surface area (Å²) in [5.41, 5.74) is 4.64. The molecule has 0 saturated carbocycles. The van der Waals surface area contributed by atoms with E-state index in [9.17, 15) is 22.0 Å². The Hall–Kier alpha value is -3.22. The number of fused-ring (bicyclic) bond motifs is 1. The van der Waals surface area contributed by atoms with Crippen LogP contribution < -0.4 is 4.74 Å². The molecule has 0 aliphatic carbocycles. The van der Waals surface area contributed by atoms with E-state index in [0.717, 1.165) is 28.5 Å². The average Bonchev–Trinajstić information content (AvgIpc) is 2.70. The van der Waals surface area contributed by atoms with Crippen molar-refractivity contribution in [2.45, 2.75) is 26.1 Å². The molecule has 0 saturated heterocycles. The lowest BCUT2D eigenvalue weighted by atomic mass is 9.88. The van der Waals surface area contributed by atoms with E-state index >= 15 is 0 Å². The molecule has 0 spiro atoms. The first-order valence-corrected chi connectivity index (χ1v) is 9.68. The van der Waals surface area contributed by atoms with Crippen LogP contribution in [0.25, 0.3) is 0 Å². The standard InChI is InChI=1S/C24H18F5NO/c1-14-10-18-12-20(25)21(26)13-22(18)30-23(14)17-6-2-15(3-7-17)11-16-4-8-19(9-5-16)31-24(27,28)29/h2-9,12-14H,10-11H2,1H3. The molecule has 1 heterocycles. The summed E-state index contributed by atoms with van der Waals surface area (Å²) in [5, 5.41) is 0. The molecule has 3 aromatic rings. The van der Waals surface area contributed by atoms with Crippen LogP contribution >= 0.6 is 0 Å². The Kier molecular flexibility index (Phi) is 5.52. The van der Waals surface area contributed by atoms with Gasteiger partial charge in [-0.05, 0) is 53.3 Å². The lowest BCUT2D eigenvalue weighted by Gasteiger charge is -2.22. The van der Waals surface area contributed by atoms with Gasteiger partial charge in [-0.3, -0.25) is 4.99 Å². The predicted molar refractivity (Wildman–Crippen MR) is 108 cm³/mol. The first-order chi connectivity index (χ1) is 14.7. The number of hydrogen-bond donors (Lipinski definition) is 0. The van der Waals surface area contributed by atoms with Gasteiger partial charge in [0.2, 0.25) is 0 Å². The number of rotatable bonds is 4. The first kappa shape index (κ1) is 21.0. The van der Waals surface area contributed by atoms with E-state index in [4.69, 9.17) is 0 Å². The van der Waals surface area contributed by atoms with Crippen molar-refractivity contribution in [3.63, 3.8) is 0 Å². The second-order valence-corrected chi connectivity index (χ2v) is 7.56. The molecule has 0 amide bonds. The van der Waals surface area contributed by atoms with Gasteiger partial charge < -0.3 is 4.74 Å². The third kappa shape index (κ3) is 4.93. The lowest BCUT2D eigenvalue weighted by molar-refractivity contribution is -0.274. The average molecular weight is 431 g/mol. The topological polar surface area (TPSA) is 21.6 Å². The number of hydrogen-bond acceptors (Lipinski definition) is 2. The summed E-state index contributed by atoms with van der Waals surface area (Å²) >= 11 is 0. The Morgan fingerprint density at radius 1 is 0.903 bits per heavy atom. The zero-order chi connectivity index (χ0) is 22.2. The molecule has 160 valence electrons. The van der Waals surface area contributed by atoms with Crippen LogP contribution in [0.3, 0.4) is 0 Å². The molecule has 31 heavy (non-hydrogen) atoms. The van der Waals surface area contributed by atoms with Crippen molar-refractivity contribution in [2.75, 3.05) is 0 Å². The molecule has 3 aromatic carbocycles. The molecule has 0 bridgehead atoms. The van der Waals surface area contributed by atoms with E-state index in [-0.39, 0.29) is 11.7 Å². The number of aliphatic imine (C=N–C) groups is 1. The van der Waals surface area contributed by atoms with Crippen LogP contribution in [-0.4, -0.2) is 12.1 Å².